The van der Waals surface area contributed by atoms with Gasteiger partial charge in [0.15, 0.2) is 0 Å². The number of fused-ring (bicyclic) bond motifs is 2. The van der Waals surface area contributed by atoms with Crippen LogP contribution in [0.25, 0.3) is 0 Å². The molecule has 6 nitrogen and oxygen atoms in total. The Balaban J connectivity index is 1.59. The number of hydrogen-bond acceptors (Lipinski definition) is 3. The van der Waals surface area contributed by atoms with Gasteiger partial charge in [-0.2, -0.15) is 0 Å². The monoisotopic (exact) mass is 326 g/mol. The summed E-state index contributed by atoms with van der Waals surface area (Å²) in [5.74, 6) is 1.15. The highest BCUT2D eigenvalue weighted by Crippen LogP contribution is 2.49. The Morgan fingerprint density at radius 3 is 2.73 bits per heavy atom. The van der Waals surface area contributed by atoms with E-state index in [1.807, 2.05) is 0 Å². The van der Waals surface area contributed by atoms with Gasteiger partial charge in [-0.1, -0.05) is 6.42 Å². The van der Waals surface area contributed by atoms with Gasteiger partial charge in [-0.05, 0) is 49.5 Å². The summed E-state index contributed by atoms with van der Waals surface area (Å²) in [6.07, 6.45) is 7.40. The van der Waals surface area contributed by atoms with Crippen LogP contribution in [0.2, 0.25) is 0 Å². The molecule has 1 aromatic rings. The molecule has 0 aliphatic heterocycles. The summed E-state index contributed by atoms with van der Waals surface area (Å²) >= 11 is 0. The zero-order valence-corrected chi connectivity index (χ0v) is 13.5. The number of carboxylic acid groups (broad SMARTS) is 1. The molecule has 1 heterocycles. The van der Waals surface area contributed by atoms with Crippen molar-refractivity contribution in [1.82, 2.24) is 9.29 Å². The number of carboxylic acids is 1. The third-order valence-electron chi connectivity index (χ3n) is 5.20. The first kappa shape index (κ1) is 15.6. The fourth-order valence-corrected chi connectivity index (χ4v) is 5.20. The summed E-state index contributed by atoms with van der Waals surface area (Å²) in [5.41, 5.74) is -0.0338. The quantitative estimate of drug-likeness (QED) is 0.835. The van der Waals surface area contributed by atoms with E-state index >= 15 is 0 Å². The molecular weight excluding hydrogens is 304 g/mol. The van der Waals surface area contributed by atoms with Crippen LogP contribution in [0.1, 0.15) is 42.6 Å². The molecule has 3 rings (SSSR count). The fraction of sp³-hybridized carbons (Fsp3) is 0.667. The molecule has 2 bridgehead atoms. The normalized spacial score (nSPS) is 27.4. The number of nitrogens with zero attached hydrogens (tertiary/aromatic N) is 1. The molecule has 22 heavy (non-hydrogen) atoms. The summed E-state index contributed by atoms with van der Waals surface area (Å²) < 4.78 is 28.4. The van der Waals surface area contributed by atoms with Crippen molar-refractivity contribution in [2.45, 2.75) is 37.0 Å². The Bertz CT molecular complexity index is 680. The second kappa shape index (κ2) is 5.70. The van der Waals surface area contributed by atoms with Crippen LogP contribution in [0.4, 0.5) is 0 Å². The Hall–Kier alpha value is -1.34. The minimum absolute atomic E-state index is 0.0142. The molecule has 2 fully saturated rings. The van der Waals surface area contributed by atoms with Crippen molar-refractivity contribution in [3.8, 4) is 0 Å². The van der Waals surface area contributed by atoms with E-state index < -0.39 is 16.0 Å². The minimum atomic E-state index is -3.63. The van der Waals surface area contributed by atoms with Crippen molar-refractivity contribution in [3.05, 3.63) is 18.0 Å². The Morgan fingerprint density at radius 1 is 1.41 bits per heavy atom. The first-order valence-corrected chi connectivity index (χ1v) is 9.24. The number of rotatable bonds is 6. The van der Waals surface area contributed by atoms with E-state index in [9.17, 15) is 13.2 Å². The lowest BCUT2D eigenvalue weighted by Crippen LogP contribution is -2.27. The van der Waals surface area contributed by atoms with Crippen LogP contribution < -0.4 is 4.72 Å². The molecule has 3 atom stereocenters. The van der Waals surface area contributed by atoms with E-state index in [0.29, 0.717) is 12.5 Å². The molecule has 2 N–H and O–H groups in total. The maximum atomic E-state index is 12.2. The second-order valence-electron chi connectivity index (χ2n) is 6.60. The highest BCUT2D eigenvalue weighted by Gasteiger charge is 2.38. The van der Waals surface area contributed by atoms with Crippen molar-refractivity contribution < 1.29 is 18.3 Å². The molecule has 0 spiro atoms. The summed E-state index contributed by atoms with van der Waals surface area (Å²) in [6.45, 7) is 0.424. The van der Waals surface area contributed by atoms with Gasteiger partial charge in [-0.3, -0.25) is 0 Å². The zero-order chi connectivity index (χ0) is 15.9. The van der Waals surface area contributed by atoms with Gasteiger partial charge >= 0.3 is 5.97 Å². The Kier molecular flexibility index (Phi) is 4.03. The SMILES string of the molecule is Cn1cc(S(=O)(=O)NCCC2CC3CCC2C3)cc1C(=O)O. The van der Waals surface area contributed by atoms with Crippen LogP contribution in [-0.4, -0.2) is 30.6 Å². The largest absolute Gasteiger partial charge is 0.477 e. The van der Waals surface area contributed by atoms with Gasteiger partial charge < -0.3 is 9.67 Å². The smallest absolute Gasteiger partial charge is 0.352 e. The standard InChI is InChI=1S/C15H22N2O4S/c1-17-9-13(8-14(17)15(18)19)22(20,21)16-5-4-12-7-10-2-3-11(12)6-10/h8-12,16H,2-7H2,1H3,(H,18,19). The topological polar surface area (TPSA) is 88.4 Å². The predicted octanol–water partition coefficient (Wildman–Crippen LogP) is 1.83. The molecule has 0 aromatic carbocycles. The molecule has 7 heteroatoms. The molecule has 122 valence electrons. The average molecular weight is 326 g/mol. The molecule has 0 amide bonds. The molecule has 2 aliphatic carbocycles. The van der Waals surface area contributed by atoms with Crippen molar-refractivity contribution in [2.75, 3.05) is 6.54 Å². The van der Waals surface area contributed by atoms with Crippen LogP contribution in [0, 0.1) is 17.8 Å². The third kappa shape index (κ3) is 2.92. The lowest BCUT2D eigenvalue weighted by Gasteiger charge is -2.21. The number of aromatic carboxylic acids is 1. The van der Waals surface area contributed by atoms with E-state index in [-0.39, 0.29) is 10.6 Å². The number of aryl methyl sites for hydroxylation is 1. The van der Waals surface area contributed by atoms with Crippen molar-refractivity contribution in [1.29, 1.82) is 0 Å². The maximum absolute atomic E-state index is 12.2. The lowest BCUT2D eigenvalue weighted by atomic mass is 9.86. The summed E-state index contributed by atoms with van der Waals surface area (Å²) in [5, 5.41) is 8.99. The summed E-state index contributed by atoms with van der Waals surface area (Å²) in [6, 6.07) is 1.20. The van der Waals surface area contributed by atoms with Crippen molar-refractivity contribution in [2.24, 2.45) is 24.8 Å². The molecule has 1 aromatic heterocycles. The highest BCUT2D eigenvalue weighted by molar-refractivity contribution is 7.89. The van der Waals surface area contributed by atoms with Crippen LogP contribution in [-0.2, 0) is 17.1 Å². The predicted molar refractivity (Wildman–Crippen MR) is 81.1 cm³/mol. The first-order chi connectivity index (χ1) is 10.4. The van der Waals surface area contributed by atoms with Crippen LogP contribution >= 0.6 is 0 Å². The van der Waals surface area contributed by atoms with Crippen LogP contribution in [0.3, 0.4) is 0 Å². The number of aromatic nitrogens is 1. The highest BCUT2D eigenvalue weighted by atomic mass is 32.2. The molecule has 0 saturated heterocycles. The number of hydrogen-bond donors (Lipinski definition) is 2. The number of carbonyl (C=O) groups is 1. The number of sulfonamides is 1. The Morgan fingerprint density at radius 2 is 2.18 bits per heavy atom. The minimum Gasteiger partial charge on any atom is -0.477 e. The summed E-state index contributed by atoms with van der Waals surface area (Å²) in [4.78, 5) is 11.0. The second-order valence-corrected chi connectivity index (χ2v) is 8.37. The molecule has 3 unspecified atom stereocenters. The molecule has 2 saturated carbocycles. The van der Waals surface area contributed by atoms with E-state index in [1.54, 1.807) is 0 Å². The molecule has 0 radical (unpaired) electrons. The maximum Gasteiger partial charge on any atom is 0.352 e. The third-order valence-corrected chi connectivity index (χ3v) is 6.63. The first-order valence-electron chi connectivity index (χ1n) is 7.76. The van der Waals surface area contributed by atoms with Gasteiger partial charge in [-0.25, -0.2) is 17.9 Å². The van der Waals surface area contributed by atoms with Crippen LogP contribution in [0.5, 0.6) is 0 Å². The van der Waals surface area contributed by atoms with Gasteiger partial charge in [0, 0.05) is 19.8 Å². The van der Waals surface area contributed by atoms with Crippen LogP contribution in [0.15, 0.2) is 17.2 Å². The van der Waals surface area contributed by atoms with Gasteiger partial charge in [0.1, 0.15) is 10.6 Å². The van der Waals surface area contributed by atoms with Crippen molar-refractivity contribution in [3.63, 3.8) is 0 Å². The number of nitrogens with one attached hydrogen (secondary N) is 1. The zero-order valence-electron chi connectivity index (χ0n) is 12.7. The van der Waals surface area contributed by atoms with E-state index in [1.165, 1.54) is 49.6 Å². The Labute approximate surface area is 130 Å². The molecule has 2 aliphatic rings. The summed E-state index contributed by atoms with van der Waals surface area (Å²) in [7, 11) is -2.11. The van der Waals surface area contributed by atoms with E-state index in [4.69, 9.17) is 5.11 Å². The average Bonchev–Trinajstić information content (AvgIpc) is 3.13. The fourth-order valence-electron chi connectivity index (χ4n) is 4.09. The van der Waals surface area contributed by atoms with Gasteiger partial charge in [0.25, 0.3) is 0 Å². The van der Waals surface area contributed by atoms with Gasteiger partial charge in [-0.15, -0.1) is 0 Å². The van der Waals surface area contributed by atoms with E-state index in [2.05, 4.69) is 4.72 Å². The van der Waals surface area contributed by atoms with E-state index in [0.717, 1.165) is 18.3 Å². The molecular formula is C15H22N2O4S. The van der Waals surface area contributed by atoms with Gasteiger partial charge in [0.2, 0.25) is 10.0 Å². The van der Waals surface area contributed by atoms with Crippen molar-refractivity contribution >= 4 is 16.0 Å². The van der Waals surface area contributed by atoms with Gasteiger partial charge in [0.05, 0.1) is 0 Å². The lowest BCUT2D eigenvalue weighted by molar-refractivity contribution is 0.0686.